The van der Waals surface area contributed by atoms with Crippen LogP contribution in [-0.4, -0.2) is 5.97 Å². The molecule has 1 aromatic rings. The Morgan fingerprint density at radius 3 is 2.50 bits per heavy atom. The van der Waals surface area contributed by atoms with Gasteiger partial charge in [0.1, 0.15) is 6.10 Å². The lowest BCUT2D eigenvalue weighted by atomic mass is 9.86. The van der Waals surface area contributed by atoms with Gasteiger partial charge in [0, 0.05) is 0 Å². The highest BCUT2D eigenvalue weighted by Gasteiger charge is 2.23. The van der Waals surface area contributed by atoms with Crippen molar-refractivity contribution in [3.05, 3.63) is 42.0 Å². The van der Waals surface area contributed by atoms with Crippen LogP contribution in [0.25, 0.3) is 0 Å². The molecule has 0 bridgehead atoms. The molecule has 1 aliphatic rings. The molecule has 0 spiro atoms. The average Bonchev–Trinajstić information content (AvgIpc) is 2.46. The summed E-state index contributed by atoms with van der Waals surface area (Å²) in [4.78, 5) is 21.7. The van der Waals surface area contributed by atoms with Crippen molar-refractivity contribution in [1.29, 1.82) is 0 Å². The fraction of sp³-hybridized carbons (Fsp3) is 0.467. The molecular formula is C15H19O3. The van der Waals surface area contributed by atoms with Crippen LogP contribution in [0.2, 0.25) is 0 Å². The summed E-state index contributed by atoms with van der Waals surface area (Å²) in [7, 11) is 0. The van der Waals surface area contributed by atoms with Crippen LogP contribution in [0.15, 0.2) is 30.3 Å². The lowest BCUT2D eigenvalue weighted by Crippen LogP contribution is -2.17. The van der Waals surface area contributed by atoms with Gasteiger partial charge in [-0.25, -0.2) is 4.79 Å². The highest BCUT2D eigenvalue weighted by Crippen LogP contribution is 2.32. The Morgan fingerprint density at radius 1 is 1.22 bits per heavy atom. The molecule has 0 heterocycles. The zero-order valence-corrected chi connectivity index (χ0v) is 10.7. The summed E-state index contributed by atoms with van der Waals surface area (Å²) in [6.07, 6.45) is 6.19. The molecule has 1 fully saturated rings. The summed E-state index contributed by atoms with van der Waals surface area (Å²) in [5.41, 5.74) is 0.514. The molecule has 97 valence electrons. The standard InChI is InChI=1S/C15H19O3/c1-2-12-8-10-14(11-9-12)17-18-15(16)13-6-4-3-5-7-13/h3-7,12H,2,8-11H2,1H3. The first-order chi connectivity index (χ1) is 8.79. The summed E-state index contributed by atoms with van der Waals surface area (Å²) in [6, 6.07) is 8.89. The molecule has 1 aliphatic carbocycles. The minimum absolute atomic E-state index is 0.430. The topological polar surface area (TPSA) is 35.5 Å². The van der Waals surface area contributed by atoms with Gasteiger partial charge in [0.2, 0.25) is 0 Å². The minimum atomic E-state index is -0.430. The second kappa shape index (κ2) is 6.55. The molecular weight excluding hydrogens is 228 g/mol. The first kappa shape index (κ1) is 13.1. The van der Waals surface area contributed by atoms with E-state index in [9.17, 15) is 4.79 Å². The van der Waals surface area contributed by atoms with Gasteiger partial charge in [0.25, 0.3) is 0 Å². The van der Waals surface area contributed by atoms with E-state index in [4.69, 9.17) is 9.78 Å². The fourth-order valence-corrected chi connectivity index (χ4v) is 2.21. The monoisotopic (exact) mass is 247 g/mol. The van der Waals surface area contributed by atoms with Gasteiger partial charge in [-0.3, -0.25) is 4.89 Å². The summed E-state index contributed by atoms with van der Waals surface area (Å²) < 4.78 is 0. The van der Waals surface area contributed by atoms with E-state index in [1.807, 2.05) is 6.07 Å². The van der Waals surface area contributed by atoms with Crippen molar-refractivity contribution in [2.45, 2.75) is 39.0 Å². The number of hydrogen-bond donors (Lipinski definition) is 0. The van der Waals surface area contributed by atoms with Crippen molar-refractivity contribution in [2.24, 2.45) is 5.92 Å². The average molecular weight is 247 g/mol. The van der Waals surface area contributed by atoms with Crippen LogP contribution in [0, 0.1) is 12.0 Å². The summed E-state index contributed by atoms with van der Waals surface area (Å²) >= 11 is 0. The normalized spacial score (nSPS) is 17.6. The van der Waals surface area contributed by atoms with Crippen LogP contribution < -0.4 is 0 Å². The van der Waals surface area contributed by atoms with Crippen LogP contribution in [0.5, 0.6) is 0 Å². The van der Waals surface area contributed by atoms with Gasteiger partial charge >= 0.3 is 5.97 Å². The van der Waals surface area contributed by atoms with Crippen molar-refractivity contribution in [3.8, 4) is 0 Å². The van der Waals surface area contributed by atoms with Crippen LogP contribution in [0.1, 0.15) is 49.4 Å². The van der Waals surface area contributed by atoms with Gasteiger partial charge in [-0.05, 0) is 43.7 Å². The fourth-order valence-electron chi connectivity index (χ4n) is 2.21. The molecule has 3 heteroatoms. The Morgan fingerprint density at radius 2 is 1.89 bits per heavy atom. The second-order valence-electron chi connectivity index (χ2n) is 4.71. The summed E-state index contributed by atoms with van der Waals surface area (Å²) in [5, 5.41) is 0. The van der Waals surface area contributed by atoms with Gasteiger partial charge in [0.15, 0.2) is 0 Å². The van der Waals surface area contributed by atoms with E-state index in [1.54, 1.807) is 24.3 Å². The number of carbonyl (C=O) groups excluding carboxylic acids is 1. The highest BCUT2D eigenvalue weighted by atomic mass is 17.2. The van der Waals surface area contributed by atoms with E-state index in [2.05, 4.69) is 6.92 Å². The highest BCUT2D eigenvalue weighted by molar-refractivity contribution is 5.88. The van der Waals surface area contributed by atoms with E-state index < -0.39 is 5.97 Å². The molecule has 0 N–H and O–H groups in total. The largest absolute Gasteiger partial charge is 0.373 e. The molecule has 18 heavy (non-hydrogen) atoms. The van der Waals surface area contributed by atoms with Crippen molar-refractivity contribution in [3.63, 3.8) is 0 Å². The Hall–Kier alpha value is -1.35. The molecule has 1 radical (unpaired) electrons. The minimum Gasteiger partial charge on any atom is -0.292 e. The maximum Gasteiger partial charge on any atom is 0.373 e. The van der Waals surface area contributed by atoms with E-state index >= 15 is 0 Å². The predicted octanol–water partition coefficient (Wildman–Crippen LogP) is 3.91. The molecule has 0 aromatic heterocycles. The SMILES string of the molecule is CCC1CC[C](OOC(=O)c2ccccc2)CC1. The van der Waals surface area contributed by atoms with Crippen LogP contribution in [0.3, 0.4) is 0 Å². The Kier molecular flexibility index (Phi) is 4.76. The van der Waals surface area contributed by atoms with Crippen LogP contribution >= 0.6 is 0 Å². The number of rotatable bonds is 4. The van der Waals surface area contributed by atoms with Crippen molar-refractivity contribution in [2.75, 3.05) is 0 Å². The molecule has 2 rings (SSSR count). The molecule has 0 unspecified atom stereocenters. The maximum atomic E-state index is 11.6. The van der Waals surface area contributed by atoms with Crippen LogP contribution in [-0.2, 0) is 9.78 Å². The maximum absolute atomic E-state index is 11.6. The lowest BCUT2D eigenvalue weighted by molar-refractivity contribution is -0.240. The van der Waals surface area contributed by atoms with E-state index in [1.165, 1.54) is 6.42 Å². The van der Waals surface area contributed by atoms with Crippen molar-refractivity contribution < 1.29 is 14.6 Å². The number of benzene rings is 1. The van der Waals surface area contributed by atoms with Crippen molar-refractivity contribution >= 4 is 5.97 Å². The third-order valence-electron chi connectivity index (χ3n) is 3.48. The summed E-state index contributed by atoms with van der Waals surface area (Å²) in [5.74, 6) is 0.364. The second-order valence-corrected chi connectivity index (χ2v) is 4.71. The first-order valence-electron chi connectivity index (χ1n) is 6.58. The molecule has 0 amide bonds. The number of hydrogen-bond acceptors (Lipinski definition) is 3. The Labute approximate surface area is 108 Å². The Balaban J connectivity index is 1.74. The van der Waals surface area contributed by atoms with Crippen LogP contribution in [0.4, 0.5) is 0 Å². The van der Waals surface area contributed by atoms with E-state index in [0.717, 1.165) is 37.7 Å². The predicted molar refractivity (Wildman–Crippen MR) is 68.4 cm³/mol. The molecule has 0 atom stereocenters. The van der Waals surface area contributed by atoms with Gasteiger partial charge in [-0.1, -0.05) is 31.5 Å². The van der Waals surface area contributed by atoms with Gasteiger partial charge < -0.3 is 0 Å². The smallest absolute Gasteiger partial charge is 0.292 e. The molecule has 3 nitrogen and oxygen atoms in total. The summed E-state index contributed by atoms with van der Waals surface area (Å²) in [6.45, 7) is 2.21. The quantitative estimate of drug-likeness (QED) is 0.597. The zero-order chi connectivity index (χ0) is 12.8. The third kappa shape index (κ3) is 3.57. The molecule has 0 aliphatic heterocycles. The Bertz CT molecular complexity index is 367. The zero-order valence-electron chi connectivity index (χ0n) is 10.7. The first-order valence-corrected chi connectivity index (χ1v) is 6.58. The van der Waals surface area contributed by atoms with Gasteiger partial charge in [-0.2, -0.15) is 4.89 Å². The van der Waals surface area contributed by atoms with Gasteiger partial charge in [0.05, 0.1) is 5.56 Å². The number of carbonyl (C=O) groups is 1. The van der Waals surface area contributed by atoms with E-state index in [0.29, 0.717) is 5.56 Å². The van der Waals surface area contributed by atoms with E-state index in [-0.39, 0.29) is 0 Å². The molecule has 0 saturated heterocycles. The lowest BCUT2D eigenvalue weighted by Gasteiger charge is -2.25. The third-order valence-corrected chi connectivity index (χ3v) is 3.48. The molecule has 1 saturated carbocycles. The molecule has 1 aromatic carbocycles. The van der Waals surface area contributed by atoms with Crippen molar-refractivity contribution in [1.82, 2.24) is 0 Å². The van der Waals surface area contributed by atoms with Gasteiger partial charge in [-0.15, -0.1) is 0 Å².